The smallest absolute Gasteiger partial charge is 0.172 e. The van der Waals surface area contributed by atoms with Gasteiger partial charge in [-0.2, -0.15) is 0 Å². The average molecular weight is 418 g/mol. The van der Waals surface area contributed by atoms with E-state index in [1.807, 2.05) is 6.92 Å². The van der Waals surface area contributed by atoms with Gasteiger partial charge in [0.15, 0.2) is 17.4 Å². The Bertz CT molecular complexity index is 902. The monoisotopic (exact) mass is 417 g/mol. The van der Waals surface area contributed by atoms with Gasteiger partial charge in [-0.15, -0.1) is 0 Å². The number of rotatable bonds is 4. The number of nitrogens with zero attached hydrogens (tertiary/aromatic N) is 4. The van der Waals surface area contributed by atoms with Crippen molar-refractivity contribution in [1.82, 2.24) is 15.0 Å². The van der Waals surface area contributed by atoms with Gasteiger partial charge in [0, 0.05) is 19.3 Å². The third kappa shape index (κ3) is 3.99. The Morgan fingerprint density at radius 1 is 1.34 bits per heavy atom. The zero-order valence-corrected chi connectivity index (χ0v) is 17.6. The second-order valence-corrected chi connectivity index (χ2v) is 9.03. The number of aliphatic hydroxyl groups is 1. The molecule has 2 aliphatic rings. The predicted octanol–water partition coefficient (Wildman–Crippen LogP) is 2.51. The Kier molecular flexibility index (Phi) is 5.54. The fourth-order valence-corrected chi connectivity index (χ4v) is 5.09. The normalized spacial score (nSPS) is 21.1. The van der Waals surface area contributed by atoms with Gasteiger partial charge < -0.3 is 25.6 Å². The minimum absolute atomic E-state index is 0.0670. The Morgan fingerprint density at radius 2 is 2.10 bits per heavy atom. The van der Waals surface area contributed by atoms with E-state index >= 15 is 0 Å². The van der Waals surface area contributed by atoms with Crippen LogP contribution in [-0.2, 0) is 11.3 Å². The number of piperidine rings is 1. The molecule has 29 heavy (non-hydrogen) atoms. The Morgan fingerprint density at radius 3 is 2.76 bits per heavy atom. The van der Waals surface area contributed by atoms with E-state index in [2.05, 4.69) is 21.8 Å². The molecule has 2 fully saturated rings. The third-order valence-corrected chi connectivity index (χ3v) is 7.00. The van der Waals surface area contributed by atoms with Gasteiger partial charge in [-0.1, -0.05) is 11.8 Å². The molecule has 4 heterocycles. The molecule has 0 aromatic carbocycles. The van der Waals surface area contributed by atoms with Gasteiger partial charge in [-0.05, 0) is 44.6 Å². The van der Waals surface area contributed by atoms with Gasteiger partial charge in [0.05, 0.1) is 29.9 Å². The first kappa shape index (κ1) is 20.2. The number of hydrogen-bond acceptors (Lipinski definition) is 9. The molecular weight excluding hydrogens is 390 g/mol. The largest absolute Gasteiger partial charge is 0.503 e. The van der Waals surface area contributed by atoms with Crippen LogP contribution in [0.4, 0.5) is 11.6 Å². The Balaban J connectivity index is 1.55. The Labute approximate surface area is 174 Å². The zero-order chi connectivity index (χ0) is 20.6. The van der Waals surface area contributed by atoms with Crippen molar-refractivity contribution in [2.24, 2.45) is 5.41 Å². The number of anilines is 2. The van der Waals surface area contributed by atoms with Crippen LogP contribution in [0.1, 0.15) is 37.6 Å². The highest BCUT2D eigenvalue weighted by Gasteiger charge is 2.41. The van der Waals surface area contributed by atoms with Gasteiger partial charge in [0.2, 0.25) is 0 Å². The molecule has 1 atom stereocenters. The molecule has 4 N–H and O–H groups in total. The molecule has 0 unspecified atom stereocenters. The highest BCUT2D eigenvalue weighted by Crippen LogP contribution is 2.43. The van der Waals surface area contributed by atoms with Crippen LogP contribution in [0.2, 0.25) is 0 Å². The summed E-state index contributed by atoms with van der Waals surface area (Å²) < 4.78 is 5.82. The van der Waals surface area contributed by atoms with E-state index in [0.717, 1.165) is 50.5 Å². The number of hydrogen-bond donors (Lipinski definition) is 3. The first-order chi connectivity index (χ1) is 13.9. The lowest BCUT2D eigenvalue weighted by Crippen LogP contribution is -2.41. The summed E-state index contributed by atoms with van der Waals surface area (Å²) >= 11 is 1.27. The molecule has 4 rings (SSSR count). The molecule has 0 saturated carbocycles. The number of aliphatic hydroxyl groups excluding tert-OH is 1. The average Bonchev–Trinajstić information content (AvgIpc) is 3.07. The van der Waals surface area contributed by atoms with Gasteiger partial charge in [0.25, 0.3) is 0 Å². The van der Waals surface area contributed by atoms with Gasteiger partial charge >= 0.3 is 0 Å². The van der Waals surface area contributed by atoms with Crippen LogP contribution in [-0.4, -0.2) is 51.0 Å². The highest BCUT2D eigenvalue weighted by molar-refractivity contribution is 7.99. The van der Waals surface area contributed by atoms with E-state index in [9.17, 15) is 10.2 Å². The fraction of sp³-hybridized carbons (Fsp3) is 0.550. The number of ether oxygens (including phenoxy) is 1. The first-order valence-corrected chi connectivity index (χ1v) is 10.7. The van der Waals surface area contributed by atoms with E-state index in [4.69, 9.17) is 15.5 Å². The summed E-state index contributed by atoms with van der Waals surface area (Å²) in [6.07, 6.45) is 5.12. The van der Waals surface area contributed by atoms with Crippen LogP contribution in [0, 0.1) is 12.3 Å². The van der Waals surface area contributed by atoms with Gasteiger partial charge in [0.1, 0.15) is 10.7 Å². The maximum atomic E-state index is 10.1. The summed E-state index contributed by atoms with van der Waals surface area (Å²) in [4.78, 5) is 16.1. The molecule has 8 nitrogen and oxygen atoms in total. The number of aromatic nitrogens is 3. The lowest BCUT2D eigenvalue weighted by atomic mass is 9.77. The summed E-state index contributed by atoms with van der Waals surface area (Å²) in [7, 11) is 0. The van der Waals surface area contributed by atoms with Crippen molar-refractivity contribution in [3.8, 4) is 5.75 Å². The number of pyridine rings is 1. The van der Waals surface area contributed by atoms with Crippen LogP contribution >= 0.6 is 11.8 Å². The van der Waals surface area contributed by atoms with E-state index in [1.54, 1.807) is 12.3 Å². The van der Waals surface area contributed by atoms with Crippen LogP contribution in [0.3, 0.4) is 0 Å². The topological polar surface area (TPSA) is 118 Å². The summed E-state index contributed by atoms with van der Waals surface area (Å²) in [5.41, 5.74) is 7.26. The zero-order valence-electron chi connectivity index (χ0n) is 16.8. The lowest BCUT2D eigenvalue weighted by Gasteiger charge is -2.39. The molecule has 0 amide bonds. The summed E-state index contributed by atoms with van der Waals surface area (Å²) in [5.74, 6) is 0.754. The highest BCUT2D eigenvalue weighted by atomic mass is 32.2. The SMILES string of the molecule is Cc1nc(N2CCC3(CC2)CO[C@@H](C)C3)c(CO)nc1Sc1ccnc(N)c1O. The second kappa shape index (κ2) is 7.97. The molecular formula is C20H27N5O3S. The maximum absolute atomic E-state index is 10.1. The lowest BCUT2D eigenvalue weighted by molar-refractivity contribution is 0.0975. The molecule has 2 aromatic heterocycles. The molecule has 2 aliphatic heterocycles. The molecule has 0 radical (unpaired) electrons. The molecule has 2 aromatic rings. The molecule has 0 aliphatic carbocycles. The summed E-state index contributed by atoms with van der Waals surface area (Å²) in [6.45, 7) is 6.44. The second-order valence-electron chi connectivity index (χ2n) is 8.00. The van der Waals surface area contributed by atoms with Crippen molar-refractivity contribution in [2.45, 2.75) is 55.7 Å². The Hall–Kier alpha value is -2.10. The van der Waals surface area contributed by atoms with Crippen LogP contribution in [0.5, 0.6) is 5.75 Å². The van der Waals surface area contributed by atoms with Crippen molar-refractivity contribution in [3.63, 3.8) is 0 Å². The van der Waals surface area contributed by atoms with Crippen molar-refractivity contribution in [1.29, 1.82) is 0 Å². The van der Waals surface area contributed by atoms with Crippen molar-refractivity contribution in [3.05, 3.63) is 23.7 Å². The van der Waals surface area contributed by atoms with E-state index < -0.39 is 0 Å². The fourth-order valence-electron chi connectivity index (χ4n) is 4.21. The minimum atomic E-state index is -0.192. The van der Waals surface area contributed by atoms with E-state index in [0.29, 0.717) is 21.7 Å². The summed E-state index contributed by atoms with van der Waals surface area (Å²) in [5, 5.41) is 20.7. The summed E-state index contributed by atoms with van der Waals surface area (Å²) in [6, 6.07) is 1.68. The predicted molar refractivity (Wildman–Crippen MR) is 111 cm³/mol. The molecule has 0 bridgehead atoms. The first-order valence-electron chi connectivity index (χ1n) is 9.87. The standard InChI is InChI=1S/C20H27N5O3S/c1-12-9-20(11-28-12)4-7-25(8-5-20)18-14(10-26)24-19(13(2)23-18)29-15-3-6-22-17(21)16(15)27/h3,6,12,26-27H,4-5,7-11H2,1-2H3,(H2,21,22)/t12-/m0/s1. The molecule has 1 spiro atoms. The number of nitrogens with two attached hydrogens (primary N) is 1. The van der Waals surface area contributed by atoms with Crippen LogP contribution in [0.25, 0.3) is 0 Å². The molecule has 2 saturated heterocycles. The molecule has 9 heteroatoms. The molecule has 156 valence electrons. The van der Waals surface area contributed by atoms with Crippen molar-refractivity contribution in [2.75, 3.05) is 30.3 Å². The third-order valence-electron chi connectivity index (χ3n) is 5.87. The van der Waals surface area contributed by atoms with Gasteiger partial charge in [-0.25, -0.2) is 15.0 Å². The van der Waals surface area contributed by atoms with E-state index in [1.165, 1.54) is 11.8 Å². The van der Waals surface area contributed by atoms with Crippen molar-refractivity contribution < 1.29 is 14.9 Å². The number of aromatic hydroxyl groups is 1. The van der Waals surface area contributed by atoms with Crippen molar-refractivity contribution >= 4 is 23.4 Å². The van der Waals surface area contributed by atoms with Gasteiger partial charge in [-0.3, -0.25) is 0 Å². The van der Waals surface area contributed by atoms with Crippen LogP contribution in [0.15, 0.2) is 22.2 Å². The number of aryl methyl sites for hydroxylation is 1. The van der Waals surface area contributed by atoms with Crippen LogP contribution < -0.4 is 10.6 Å². The number of nitrogen functional groups attached to an aromatic ring is 1. The maximum Gasteiger partial charge on any atom is 0.172 e. The minimum Gasteiger partial charge on any atom is -0.503 e. The van der Waals surface area contributed by atoms with E-state index in [-0.39, 0.29) is 23.6 Å². The quantitative estimate of drug-likeness (QED) is 0.689.